The molecular weight excluding hydrogens is 254 g/mol. The molecule has 1 aromatic carbocycles. The third kappa shape index (κ3) is 2.33. The number of ether oxygens (including phenoxy) is 1. The number of hydrogen-bond donors (Lipinski definition) is 0. The van der Waals surface area contributed by atoms with Crippen molar-refractivity contribution in [2.75, 3.05) is 10.8 Å². The van der Waals surface area contributed by atoms with Crippen LogP contribution in [0.4, 0.5) is 10.5 Å². The third-order valence-corrected chi connectivity index (χ3v) is 4.02. The van der Waals surface area contributed by atoms with Crippen LogP contribution in [0.5, 0.6) is 0 Å². The molecule has 0 saturated carbocycles. The zero-order valence-corrected chi connectivity index (χ0v) is 11.3. The van der Waals surface area contributed by atoms with Crippen molar-refractivity contribution in [3.63, 3.8) is 0 Å². The lowest BCUT2D eigenvalue weighted by molar-refractivity contribution is 0.0587. The van der Waals surface area contributed by atoms with Crippen LogP contribution in [-0.4, -0.2) is 26.0 Å². The molecule has 1 aliphatic heterocycles. The molecule has 0 fully saturated rings. The number of carbonyl (C=O) groups is 1. The Morgan fingerprint density at radius 1 is 1.28 bits per heavy atom. The van der Waals surface area contributed by atoms with E-state index in [0.717, 1.165) is 4.90 Å². The molecule has 1 aliphatic rings. The highest BCUT2D eigenvalue weighted by Gasteiger charge is 2.37. The van der Waals surface area contributed by atoms with E-state index in [1.165, 1.54) is 6.07 Å². The Labute approximate surface area is 106 Å². The molecule has 1 heterocycles. The van der Waals surface area contributed by atoms with Gasteiger partial charge in [-0.1, -0.05) is 12.1 Å². The van der Waals surface area contributed by atoms with Crippen LogP contribution in [0.15, 0.2) is 29.2 Å². The van der Waals surface area contributed by atoms with Crippen molar-refractivity contribution < 1.29 is 17.9 Å². The highest BCUT2D eigenvalue weighted by Crippen LogP contribution is 2.34. The van der Waals surface area contributed by atoms with E-state index < -0.39 is 21.5 Å². The second-order valence-electron chi connectivity index (χ2n) is 5.12. The second-order valence-corrected chi connectivity index (χ2v) is 7.05. The molecule has 1 aromatic rings. The van der Waals surface area contributed by atoms with E-state index in [1.807, 2.05) is 0 Å². The van der Waals surface area contributed by atoms with Crippen LogP contribution in [-0.2, 0) is 14.6 Å². The van der Waals surface area contributed by atoms with Gasteiger partial charge < -0.3 is 4.74 Å². The lowest BCUT2D eigenvalue weighted by atomic mass is 10.2. The minimum absolute atomic E-state index is 0.177. The molecule has 0 aliphatic carbocycles. The van der Waals surface area contributed by atoms with Crippen LogP contribution in [0.1, 0.15) is 20.8 Å². The van der Waals surface area contributed by atoms with Crippen molar-refractivity contribution in [3.05, 3.63) is 24.3 Å². The van der Waals surface area contributed by atoms with Crippen LogP contribution >= 0.6 is 0 Å². The maximum atomic E-state index is 12.0. The molecule has 0 radical (unpaired) electrons. The zero-order chi connectivity index (χ0) is 13.6. The van der Waals surface area contributed by atoms with E-state index in [2.05, 4.69) is 0 Å². The Balaban J connectivity index is 2.37. The van der Waals surface area contributed by atoms with E-state index in [-0.39, 0.29) is 10.8 Å². The maximum Gasteiger partial charge on any atom is 0.415 e. The van der Waals surface area contributed by atoms with E-state index in [4.69, 9.17) is 4.74 Å². The average molecular weight is 269 g/mol. The van der Waals surface area contributed by atoms with Gasteiger partial charge in [-0.3, -0.25) is 4.90 Å². The molecule has 0 unspecified atom stereocenters. The largest absolute Gasteiger partial charge is 0.443 e. The summed E-state index contributed by atoms with van der Waals surface area (Å²) in [4.78, 5) is 13.3. The summed E-state index contributed by atoms with van der Waals surface area (Å²) in [6.45, 7) is 5.21. The number of nitrogens with zero attached hydrogens (tertiary/aromatic N) is 1. The summed E-state index contributed by atoms with van der Waals surface area (Å²) in [6, 6.07) is 6.42. The first-order chi connectivity index (χ1) is 8.21. The average Bonchev–Trinajstić information content (AvgIpc) is 2.50. The topological polar surface area (TPSA) is 63.7 Å². The predicted molar refractivity (Wildman–Crippen MR) is 67.2 cm³/mol. The quantitative estimate of drug-likeness (QED) is 0.724. The minimum atomic E-state index is -3.43. The number of para-hydroxylation sites is 1. The summed E-state index contributed by atoms with van der Waals surface area (Å²) in [5.74, 6) is -0.360. The van der Waals surface area contributed by atoms with Crippen LogP contribution in [0.2, 0.25) is 0 Å². The fourth-order valence-corrected chi connectivity index (χ4v) is 3.23. The molecule has 0 atom stereocenters. The van der Waals surface area contributed by atoms with E-state index in [0.29, 0.717) is 5.69 Å². The van der Waals surface area contributed by atoms with E-state index in [9.17, 15) is 13.2 Å². The SMILES string of the molecule is CC(C)(C)OC(=O)N1CS(=O)(=O)c2ccccc21. The maximum absolute atomic E-state index is 12.0. The molecule has 6 heteroatoms. The van der Waals surface area contributed by atoms with Gasteiger partial charge in [0, 0.05) is 0 Å². The fourth-order valence-electron chi connectivity index (χ4n) is 1.72. The summed E-state index contributed by atoms with van der Waals surface area (Å²) in [5, 5.41) is 0. The Morgan fingerprint density at radius 2 is 1.89 bits per heavy atom. The van der Waals surface area contributed by atoms with Gasteiger partial charge in [0.1, 0.15) is 11.5 Å². The molecule has 2 rings (SSSR count). The van der Waals surface area contributed by atoms with Crippen molar-refractivity contribution in [2.45, 2.75) is 31.3 Å². The summed E-state index contributed by atoms with van der Waals surface area (Å²) in [5.41, 5.74) is -0.273. The highest BCUT2D eigenvalue weighted by atomic mass is 32.2. The molecule has 0 saturated heterocycles. The first-order valence-electron chi connectivity index (χ1n) is 5.53. The van der Waals surface area contributed by atoms with Crippen LogP contribution in [0.3, 0.4) is 0 Å². The highest BCUT2D eigenvalue weighted by molar-refractivity contribution is 7.92. The minimum Gasteiger partial charge on any atom is -0.443 e. The molecule has 98 valence electrons. The molecule has 1 amide bonds. The number of hydrogen-bond acceptors (Lipinski definition) is 4. The van der Waals surface area contributed by atoms with Gasteiger partial charge in [-0.15, -0.1) is 0 Å². The fraction of sp³-hybridized carbons (Fsp3) is 0.417. The van der Waals surface area contributed by atoms with Gasteiger partial charge in [-0.05, 0) is 32.9 Å². The van der Waals surface area contributed by atoms with Gasteiger partial charge in [0.15, 0.2) is 9.84 Å². The van der Waals surface area contributed by atoms with Crippen LogP contribution < -0.4 is 4.90 Å². The number of benzene rings is 1. The lowest BCUT2D eigenvalue weighted by Gasteiger charge is -2.23. The van der Waals surface area contributed by atoms with Gasteiger partial charge in [0.25, 0.3) is 0 Å². The number of amides is 1. The summed E-state index contributed by atoms with van der Waals surface area (Å²) in [7, 11) is -3.43. The van der Waals surface area contributed by atoms with Crippen molar-refractivity contribution in [1.29, 1.82) is 0 Å². The first-order valence-corrected chi connectivity index (χ1v) is 7.18. The second kappa shape index (κ2) is 3.98. The molecule has 18 heavy (non-hydrogen) atoms. The monoisotopic (exact) mass is 269 g/mol. The van der Waals surface area contributed by atoms with Gasteiger partial charge in [0.2, 0.25) is 0 Å². The summed E-state index contributed by atoms with van der Waals surface area (Å²) >= 11 is 0. The molecular formula is C12H15NO4S. The predicted octanol–water partition coefficient (Wildman–Crippen LogP) is 2.17. The lowest BCUT2D eigenvalue weighted by Crippen LogP contribution is -2.36. The smallest absolute Gasteiger partial charge is 0.415 e. The standard InChI is InChI=1S/C12H15NO4S/c1-12(2,3)17-11(14)13-8-18(15,16)10-7-5-4-6-9(10)13/h4-7H,8H2,1-3H3. The number of fused-ring (bicyclic) bond motifs is 1. The molecule has 5 nitrogen and oxygen atoms in total. The number of carbonyl (C=O) groups excluding carboxylic acids is 1. The van der Waals surface area contributed by atoms with Crippen LogP contribution in [0.25, 0.3) is 0 Å². The molecule has 0 spiro atoms. The van der Waals surface area contributed by atoms with Crippen LogP contribution in [0, 0.1) is 0 Å². The molecule has 0 N–H and O–H groups in total. The number of anilines is 1. The van der Waals surface area contributed by atoms with E-state index >= 15 is 0 Å². The van der Waals surface area contributed by atoms with Crippen molar-refractivity contribution >= 4 is 21.6 Å². The first kappa shape index (κ1) is 12.9. The van der Waals surface area contributed by atoms with Gasteiger partial charge in [0.05, 0.1) is 10.6 Å². The third-order valence-electron chi connectivity index (χ3n) is 2.40. The summed E-state index contributed by atoms with van der Waals surface area (Å²) < 4.78 is 29.0. The Bertz CT molecular complexity index is 586. The number of sulfone groups is 1. The summed E-state index contributed by atoms with van der Waals surface area (Å²) in [6.07, 6.45) is -0.643. The van der Waals surface area contributed by atoms with Crippen molar-refractivity contribution in [1.82, 2.24) is 0 Å². The molecule has 0 aromatic heterocycles. The van der Waals surface area contributed by atoms with Gasteiger partial charge in [-0.25, -0.2) is 13.2 Å². The number of rotatable bonds is 0. The Hall–Kier alpha value is -1.56. The van der Waals surface area contributed by atoms with Gasteiger partial charge >= 0.3 is 6.09 Å². The van der Waals surface area contributed by atoms with Gasteiger partial charge in [-0.2, -0.15) is 0 Å². The Kier molecular flexibility index (Phi) is 2.85. The Morgan fingerprint density at radius 3 is 2.50 bits per heavy atom. The zero-order valence-electron chi connectivity index (χ0n) is 10.5. The normalized spacial score (nSPS) is 17.4. The van der Waals surface area contributed by atoms with Crippen molar-refractivity contribution in [3.8, 4) is 0 Å². The molecule has 0 bridgehead atoms. The van der Waals surface area contributed by atoms with E-state index in [1.54, 1.807) is 39.0 Å². The van der Waals surface area contributed by atoms with Crippen molar-refractivity contribution in [2.24, 2.45) is 0 Å².